The summed E-state index contributed by atoms with van der Waals surface area (Å²) in [5.41, 5.74) is 0.147. The standard InChI is InChI=1S/C19H30N4O/c1-15-5-4-9-23(13-15)18-11-17(20-14-21-18)22-16-6-10-24-19(12-16)7-2-3-8-19/h11,14-16H,2-10,12-13H2,1H3,(H,20,21,22). The van der Waals surface area contributed by atoms with E-state index < -0.39 is 0 Å². The Kier molecular flexibility index (Phi) is 4.61. The van der Waals surface area contributed by atoms with Crippen molar-refractivity contribution >= 4 is 11.6 Å². The molecule has 2 atom stereocenters. The van der Waals surface area contributed by atoms with Crippen molar-refractivity contribution in [1.82, 2.24) is 9.97 Å². The first-order chi connectivity index (χ1) is 11.7. The molecule has 1 N–H and O–H groups in total. The summed E-state index contributed by atoms with van der Waals surface area (Å²) in [5.74, 6) is 2.79. The van der Waals surface area contributed by atoms with E-state index in [0.717, 1.165) is 50.1 Å². The zero-order valence-electron chi connectivity index (χ0n) is 14.8. The second-order valence-corrected chi connectivity index (χ2v) is 8.03. The molecule has 3 heterocycles. The molecule has 5 nitrogen and oxygen atoms in total. The molecule has 3 aliphatic rings. The number of ether oxygens (including phenoxy) is 1. The van der Waals surface area contributed by atoms with Crippen LogP contribution in [0.5, 0.6) is 0 Å². The van der Waals surface area contributed by atoms with Gasteiger partial charge in [-0.2, -0.15) is 0 Å². The lowest BCUT2D eigenvalue weighted by molar-refractivity contribution is -0.0767. The fourth-order valence-electron chi connectivity index (χ4n) is 4.72. The lowest BCUT2D eigenvalue weighted by Crippen LogP contribution is -2.42. The second-order valence-electron chi connectivity index (χ2n) is 8.03. The van der Waals surface area contributed by atoms with Gasteiger partial charge in [0.1, 0.15) is 18.0 Å². The third-order valence-corrected chi connectivity index (χ3v) is 5.99. The topological polar surface area (TPSA) is 50.3 Å². The van der Waals surface area contributed by atoms with Crippen LogP contribution in [0.2, 0.25) is 0 Å². The molecule has 1 aliphatic carbocycles. The molecule has 1 spiro atoms. The number of hydrogen-bond acceptors (Lipinski definition) is 5. The van der Waals surface area contributed by atoms with E-state index in [-0.39, 0.29) is 5.60 Å². The third kappa shape index (κ3) is 3.51. The Balaban J connectivity index is 1.42. The minimum Gasteiger partial charge on any atom is -0.375 e. The maximum Gasteiger partial charge on any atom is 0.134 e. The number of rotatable bonds is 3. The summed E-state index contributed by atoms with van der Waals surface area (Å²) in [6, 6.07) is 2.61. The monoisotopic (exact) mass is 330 g/mol. The Morgan fingerprint density at radius 2 is 2.08 bits per heavy atom. The van der Waals surface area contributed by atoms with Gasteiger partial charge < -0.3 is 15.0 Å². The number of anilines is 2. The van der Waals surface area contributed by atoms with E-state index in [4.69, 9.17) is 4.74 Å². The van der Waals surface area contributed by atoms with Crippen LogP contribution in [-0.2, 0) is 4.74 Å². The molecule has 0 bridgehead atoms. The van der Waals surface area contributed by atoms with Gasteiger partial charge >= 0.3 is 0 Å². The smallest absolute Gasteiger partial charge is 0.134 e. The molecular formula is C19H30N4O. The summed E-state index contributed by atoms with van der Waals surface area (Å²) in [6.07, 6.45) is 11.6. The molecule has 0 amide bonds. The Morgan fingerprint density at radius 3 is 2.92 bits per heavy atom. The highest BCUT2D eigenvalue weighted by atomic mass is 16.5. The van der Waals surface area contributed by atoms with E-state index in [1.54, 1.807) is 6.33 Å². The SMILES string of the molecule is CC1CCCN(c2cc(NC3CCOC4(CCCC4)C3)ncn2)C1. The molecule has 1 aromatic heterocycles. The van der Waals surface area contributed by atoms with Gasteiger partial charge in [-0.3, -0.25) is 0 Å². The molecule has 0 radical (unpaired) electrons. The summed E-state index contributed by atoms with van der Waals surface area (Å²) in [5, 5.41) is 3.66. The van der Waals surface area contributed by atoms with Crippen molar-refractivity contribution in [3.05, 3.63) is 12.4 Å². The van der Waals surface area contributed by atoms with Crippen LogP contribution < -0.4 is 10.2 Å². The average Bonchev–Trinajstić information content (AvgIpc) is 3.03. The molecule has 24 heavy (non-hydrogen) atoms. The van der Waals surface area contributed by atoms with Crippen molar-refractivity contribution in [3.63, 3.8) is 0 Å². The molecule has 2 aliphatic heterocycles. The van der Waals surface area contributed by atoms with Gasteiger partial charge in [0.2, 0.25) is 0 Å². The predicted octanol–water partition coefficient (Wildman–Crippen LogP) is 3.62. The summed E-state index contributed by atoms with van der Waals surface area (Å²) in [7, 11) is 0. The quantitative estimate of drug-likeness (QED) is 0.917. The molecule has 1 saturated carbocycles. The highest BCUT2D eigenvalue weighted by Gasteiger charge is 2.39. The minimum atomic E-state index is 0.147. The first kappa shape index (κ1) is 16.1. The molecule has 5 heteroatoms. The van der Waals surface area contributed by atoms with Gasteiger partial charge in [0, 0.05) is 31.8 Å². The lowest BCUT2D eigenvalue weighted by atomic mass is 9.89. The van der Waals surface area contributed by atoms with E-state index in [1.165, 1.54) is 38.5 Å². The van der Waals surface area contributed by atoms with Crippen molar-refractivity contribution in [1.29, 1.82) is 0 Å². The van der Waals surface area contributed by atoms with Crippen molar-refractivity contribution < 1.29 is 4.74 Å². The molecule has 3 fully saturated rings. The highest BCUT2D eigenvalue weighted by Crippen LogP contribution is 2.40. The Labute approximate surface area is 145 Å². The van der Waals surface area contributed by atoms with E-state index in [1.807, 2.05) is 0 Å². The largest absolute Gasteiger partial charge is 0.375 e. The van der Waals surface area contributed by atoms with Gasteiger partial charge in [-0.1, -0.05) is 19.8 Å². The van der Waals surface area contributed by atoms with Gasteiger partial charge in [-0.05, 0) is 44.4 Å². The summed E-state index contributed by atoms with van der Waals surface area (Å²) in [4.78, 5) is 11.4. The van der Waals surface area contributed by atoms with Crippen LogP contribution in [0.4, 0.5) is 11.6 Å². The van der Waals surface area contributed by atoms with Crippen LogP contribution in [0.15, 0.2) is 12.4 Å². The van der Waals surface area contributed by atoms with Crippen LogP contribution >= 0.6 is 0 Å². The van der Waals surface area contributed by atoms with Crippen LogP contribution in [0.25, 0.3) is 0 Å². The molecule has 4 rings (SSSR count). The Hall–Kier alpha value is -1.36. The second kappa shape index (κ2) is 6.87. The number of nitrogens with zero attached hydrogens (tertiary/aromatic N) is 3. The van der Waals surface area contributed by atoms with Gasteiger partial charge in [0.25, 0.3) is 0 Å². The van der Waals surface area contributed by atoms with Crippen LogP contribution in [0.3, 0.4) is 0 Å². The highest BCUT2D eigenvalue weighted by molar-refractivity contribution is 5.49. The number of hydrogen-bond donors (Lipinski definition) is 1. The summed E-state index contributed by atoms with van der Waals surface area (Å²) >= 11 is 0. The Morgan fingerprint density at radius 1 is 1.21 bits per heavy atom. The van der Waals surface area contributed by atoms with Gasteiger partial charge in [-0.25, -0.2) is 9.97 Å². The average molecular weight is 330 g/mol. The van der Waals surface area contributed by atoms with Crippen LogP contribution in [0, 0.1) is 5.92 Å². The van der Waals surface area contributed by atoms with E-state index >= 15 is 0 Å². The predicted molar refractivity (Wildman–Crippen MR) is 96.4 cm³/mol. The Bertz CT molecular complexity index is 558. The fraction of sp³-hybridized carbons (Fsp3) is 0.789. The van der Waals surface area contributed by atoms with Gasteiger partial charge in [0.15, 0.2) is 0 Å². The lowest BCUT2D eigenvalue weighted by Gasteiger charge is -2.38. The number of aromatic nitrogens is 2. The molecule has 2 unspecified atom stereocenters. The number of piperidine rings is 1. The first-order valence-electron chi connectivity index (χ1n) is 9.70. The van der Waals surface area contributed by atoms with Crippen molar-refractivity contribution in [3.8, 4) is 0 Å². The first-order valence-corrected chi connectivity index (χ1v) is 9.70. The fourth-order valence-corrected chi connectivity index (χ4v) is 4.72. The normalized spacial score (nSPS) is 29.8. The van der Waals surface area contributed by atoms with Crippen molar-refractivity contribution in [2.24, 2.45) is 5.92 Å². The van der Waals surface area contributed by atoms with Gasteiger partial charge in [0.05, 0.1) is 5.60 Å². The zero-order valence-corrected chi connectivity index (χ0v) is 14.8. The zero-order chi connectivity index (χ0) is 16.4. The van der Waals surface area contributed by atoms with E-state index in [0.29, 0.717) is 6.04 Å². The van der Waals surface area contributed by atoms with E-state index in [2.05, 4.69) is 33.2 Å². The van der Waals surface area contributed by atoms with Gasteiger partial charge in [-0.15, -0.1) is 0 Å². The molecular weight excluding hydrogens is 300 g/mol. The minimum absolute atomic E-state index is 0.147. The van der Waals surface area contributed by atoms with Crippen molar-refractivity contribution in [2.45, 2.75) is 69.9 Å². The van der Waals surface area contributed by atoms with E-state index in [9.17, 15) is 0 Å². The molecule has 1 aromatic rings. The number of nitrogens with one attached hydrogen (secondary N) is 1. The maximum absolute atomic E-state index is 6.14. The summed E-state index contributed by atoms with van der Waals surface area (Å²) in [6.45, 7) is 5.42. The summed E-state index contributed by atoms with van der Waals surface area (Å²) < 4.78 is 6.14. The molecule has 0 aromatic carbocycles. The third-order valence-electron chi connectivity index (χ3n) is 5.99. The molecule has 2 saturated heterocycles. The van der Waals surface area contributed by atoms with Crippen LogP contribution in [-0.4, -0.2) is 41.3 Å². The van der Waals surface area contributed by atoms with Crippen LogP contribution in [0.1, 0.15) is 58.3 Å². The van der Waals surface area contributed by atoms with Crippen molar-refractivity contribution in [2.75, 3.05) is 29.9 Å². The maximum atomic E-state index is 6.14. The molecule has 132 valence electrons.